The fraction of sp³-hybridized carbons (Fsp3) is 0.0833. The summed E-state index contributed by atoms with van der Waals surface area (Å²) >= 11 is 7.12. The highest BCUT2D eigenvalue weighted by atomic mass is 35.5. The van der Waals surface area contributed by atoms with Crippen LogP contribution in [-0.4, -0.2) is 22.0 Å². The highest BCUT2D eigenvalue weighted by Crippen LogP contribution is 2.23. The minimum atomic E-state index is -0.361. The van der Waals surface area contributed by atoms with Crippen molar-refractivity contribution in [1.82, 2.24) is 9.59 Å². The summed E-state index contributed by atoms with van der Waals surface area (Å²) in [5.74, 6) is 5.24. The molecule has 1 heterocycles. The van der Waals surface area contributed by atoms with Crippen molar-refractivity contribution in [2.24, 2.45) is 5.73 Å². The molecule has 0 fully saturated rings. The average molecular weight is 293 g/mol. The molecule has 1 amide bonds. The molecule has 0 unspecified atom stereocenters. The molecule has 0 radical (unpaired) electrons. The van der Waals surface area contributed by atoms with Gasteiger partial charge in [0.05, 0.1) is 17.3 Å². The molecule has 2 rings (SSSR count). The largest absolute Gasteiger partial charge is 0.320 e. The molecule has 0 saturated carbocycles. The third-order valence-corrected chi connectivity index (χ3v) is 2.98. The van der Waals surface area contributed by atoms with Gasteiger partial charge < -0.3 is 11.1 Å². The van der Waals surface area contributed by atoms with Gasteiger partial charge in [0.2, 0.25) is 0 Å². The van der Waals surface area contributed by atoms with Crippen LogP contribution >= 0.6 is 23.1 Å². The number of hydrogen-bond donors (Lipinski definition) is 2. The number of nitrogens with two attached hydrogens (primary N) is 1. The van der Waals surface area contributed by atoms with E-state index in [9.17, 15) is 4.79 Å². The maximum Gasteiger partial charge on any atom is 0.277 e. The summed E-state index contributed by atoms with van der Waals surface area (Å²) in [4.78, 5) is 11.8. The van der Waals surface area contributed by atoms with E-state index >= 15 is 0 Å². The van der Waals surface area contributed by atoms with Gasteiger partial charge in [0.1, 0.15) is 0 Å². The zero-order valence-corrected chi connectivity index (χ0v) is 11.3. The molecule has 19 heavy (non-hydrogen) atoms. The summed E-state index contributed by atoms with van der Waals surface area (Å²) in [6.07, 6.45) is 0. The number of benzene rings is 1. The van der Waals surface area contributed by atoms with Gasteiger partial charge in [-0.15, -0.1) is 5.10 Å². The lowest BCUT2D eigenvalue weighted by molar-refractivity contribution is 0.102. The molecule has 0 aliphatic rings. The number of nitrogens with zero attached hydrogens (tertiary/aromatic N) is 2. The van der Waals surface area contributed by atoms with Crippen LogP contribution in [0.25, 0.3) is 0 Å². The van der Waals surface area contributed by atoms with Crippen molar-refractivity contribution in [3.63, 3.8) is 0 Å². The van der Waals surface area contributed by atoms with Gasteiger partial charge in [-0.25, -0.2) is 0 Å². The Kier molecular flexibility index (Phi) is 4.47. The van der Waals surface area contributed by atoms with E-state index in [1.807, 2.05) is 0 Å². The number of carbonyl (C=O) groups is 1. The molecule has 3 N–H and O–H groups in total. The number of amides is 1. The molecule has 2 aromatic rings. The van der Waals surface area contributed by atoms with Crippen LogP contribution in [0.1, 0.15) is 16.1 Å². The predicted molar refractivity (Wildman–Crippen MR) is 75.2 cm³/mol. The van der Waals surface area contributed by atoms with Crippen LogP contribution in [0.3, 0.4) is 0 Å². The summed E-state index contributed by atoms with van der Waals surface area (Å²) in [6.45, 7) is 0.273. The van der Waals surface area contributed by atoms with E-state index < -0.39 is 0 Å². The van der Waals surface area contributed by atoms with E-state index in [2.05, 4.69) is 26.7 Å². The molecule has 0 bridgehead atoms. The van der Waals surface area contributed by atoms with Crippen molar-refractivity contribution in [3.05, 3.63) is 39.9 Å². The van der Waals surface area contributed by atoms with Crippen molar-refractivity contribution in [2.45, 2.75) is 0 Å². The van der Waals surface area contributed by atoms with Crippen molar-refractivity contribution in [1.29, 1.82) is 0 Å². The molecular formula is C12H9ClN4OS. The topological polar surface area (TPSA) is 80.9 Å². The molecule has 0 spiro atoms. The van der Waals surface area contributed by atoms with Gasteiger partial charge in [0.25, 0.3) is 5.91 Å². The number of anilines is 1. The number of carbonyl (C=O) groups excluding carboxylic acids is 1. The summed E-state index contributed by atoms with van der Waals surface area (Å²) < 4.78 is 3.63. The molecule has 0 aliphatic heterocycles. The van der Waals surface area contributed by atoms with Crippen molar-refractivity contribution < 1.29 is 4.79 Å². The van der Waals surface area contributed by atoms with E-state index in [-0.39, 0.29) is 18.1 Å². The van der Waals surface area contributed by atoms with Crippen molar-refractivity contribution in [2.75, 3.05) is 11.9 Å². The van der Waals surface area contributed by atoms with E-state index in [1.54, 1.807) is 23.6 Å². The molecule has 0 atom stereocenters. The minimum Gasteiger partial charge on any atom is -0.320 e. The zero-order chi connectivity index (χ0) is 13.7. The van der Waals surface area contributed by atoms with Crippen LogP contribution in [0, 0.1) is 11.8 Å². The lowest BCUT2D eigenvalue weighted by Crippen LogP contribution is -2.12. The van der Waals surface area contributed by atoms with Gasteiger partial charge >= 0.3 is 0 Å². The van der Waals surface area contributed by atoms with Gasteiger partial charge in [-0.05, 0) is 29.7 Å². The van der Waals surface area contributed by atoms with Gasteiger partial charge in [-0.3, -0.25) is 4.79 Å². The fourth-order valence-electron chi connectivity index (χ4n) is 1.30. The van der Waals surface area contributed by atoms with E-state index in [0.717, 1.165) is 17.1 Å². The normalized spacial score (nSPS) is 9.58. The van der Waals surface area contributed by atoms with Crippen LogP contribution < -0.4 is 11.1 Å². The first kappa shape index (κ1) is 13.5. The third kappa shape index (κ3) is 3.51. The second-order valence-electron chi connectivity index (χ2n) is 3.44. The minimum absolute atomic E-state index is 0.250. The summed E-state index contributed by atoms with van der Waals surface area (Å²) in [5.41, 5.74) is 6.75. The Hall–Kier alpha value is -1.94. The Morgan fingerprint density at radius 1 is 1.53 bits per heavy atom. The summed E-state index contributed by atoms with van der Waals surface area (Å²) in [7, 11) is 0. The molecule has 5 nitrogen and oxygen atoms in total. The number of nitrogens with one attached hydrogen (secondary N) is 1. The Morgan fingerprint density at radius 3 is 3.05 bits per heavy atom. The van der Waals surface area contributed by atoms with Crippen LogP contribution in [0.5, 0.6) is 0 Å². The Balaban J connectivity index is 2.22. The Labute approximate surface area is 118 Å². The first-order chi connectivity index (χ1) is 9.20. The summed E-state index contributed by atoms with van der Waals surface area (Å²) in [5, 5.41) is 8.33. The fourth-order valence-corrected chi connectivity index (χ4v) is 1.90. The van der Waals surface area contributed by atoms with Gasteiger partial charge in [-0.2, -0.15) is 0 Å². The molecule has 0 aliphatic carbocycles. The van der Waals surface area contributed by atoms with Crippen LogP contribution in [0.4, 0.5) is 5.69 Å². The SMILES string of the molecule is NCC#Cc1ccc(Cl)c(NC(=O)c2csnn2)c1. The van der Waals surface area contributed by atoms with Gasteiger partial charge in [-0.1, -0.05) is 27.9 Å². The monoisotopic (exact) mass is 292 g/mol. The lowest BCUT2D eigenvalue weighted by Gasteiger charge is -2.05. The van der Waals surface area contributed by atoms with Crippen LogP contribution in [0.15, 0.2) is 23.6 Å². The second-order valence-corrected chi connectivity index (χ2v) is 4.46. The first-order valence-electron chi connectivity index (χ1n) is 5.27. The highest BCUT2D eigenvalue weighted by Gasteiger charge is 2.11. The first-order valence-corrected chi connectivity index (χ1v) is 6.49. The summed E-state index contributed by atoms with van der Waals surface area (Å²) in [6, 6.07) is 5.10. The molecule has 0 saturated heterocycles. The third-order valence-electron chi connectivity index (χ3n) is 2.14. The maximum absolute atomic E-state index is 11.8. The maximum atomic E-state index is 11.8. The van der Waals surface area contributed by atoms with Gasteiger partial charge in [0, 0.05) is 10.9 Å². The van der Waals surface area contributed by atoms with Gasteiger partial charge in [0.15, 0.2) is 5.69 Å². The molecule has 1 aromatic carbocycles. The lowest BCUT2D eigenvalue weighted by atomic mass is 10.2. The Morgan fingerprint density at radius 2 is 2.37 bits per heavy atom. The predicted octanol–water partition coefficient (Wildman–Crippen LogP) is 1.75. The van der Waals surface area contributed by atoms with Crippen molar-refractivity contribution >= 4 is 34.7 Å². The van der Waals surface area contributed by atoms with Crippen molar-refractivity contribution in [3.8, 4) is 11.8 Å². The smallest absolute Gasteiger partial charge is 0.277 e. The van der Waals surface area contributed by atoms with E-state index in [0.29, 0.717) is 10.7 Å². The number of aromatic nitrogens is 2. The highest BCUT2D eigenvalue weighted by molar-refractivity contribution is 7.03. The number of halogens is 1. The quantitative estimate of drug-likeness (QED) is 0.826. The zero-order valence-electron chi connectivity index (χ0n) is 9.68. The van der Waals surface area contributed by atoms with Crippen LogP contribution in [-0.2, 0) is 0 Å². The second kappa shape index (κ2) is 6.29. The van der Waals surface area contributed by atoms with Crippen LogP contribution in [0.2, 0.25) is 5.02 Å². The number of rotatable bonds is 2. The Bertz CT molecular complexity index is 645. The molecule has 1 aromatic heterocycles. The number of hydrogen-bond acceptors (Lipinski definition) is 5. The van der Waals surface area contributed by atoms with E-state index in [1.165, 1.54) is 0 Å². The molecular weight excluding hydrogens is 284 g/mol. The average Bonchev–Trinajstić information content (AvgIpc) is 2.93. The molecule has 96 valence electrons. The standard InChI is InChI=1S/C12H9ClN4OS/c13-9-4-3-8(2-1-5-14)6-10(9)15-12(18)11-7-19-17-16-11/h3-4,6-7H,5,14H2,(H,15,18). The van der Waals surface area contributed by atoms with E-state index in [4.69, 9.17) is 17.3 Å². The molecule has 7 heteroatoms.